The van der Waals surface area contributed by atoms with Gasteiger partial charge < -0.3 is 10.2 Å². The van der Waals surface area contributed by atoms with Gasteiger partial charge in [0.25, 0.3) is 0 Å². The summed E-state index contributed by atoms with van der Waals surface area (Å²) in [7, 11) is 0. The Morgan fingerprint density at radius 1 is 1.41 bits per heavy atom. The van der Waals surface area contributed by atoms with Gasteiger partial charge in [0.1, 0.15) is 0 Å². The van der Waals surface area contributed by atoms with Crippen LogP contribution < -0.4 is 10.2 Å². The van der Waals surface area contributed by atoms with Crippen molar-refractivity contribution < 1.29 is 4.79 Å². The topological polar surface area (TPSA) is 45.2 Å². The minimum atomic E-state index is -0.0124. The molecule has 1 amide bonds. The lowest BCUT2D eigenvalue weighted by atomic mass is 10.2. The third kappa shape index (κ3) is 2.75. The van der Waals surface area contributed by atoms with Crippen LogP contribution in [0.15, 0.2) is 18.3 Å². The minimum Gasteiger partial charge on any atom is -0.355 e. The summed E-state index contributed by atoms with van der Waals surface area (Å²) in [5, 5.41) is 2.94. The van der Waals surface area contributed by atoms with Crippen molar-refractivity contribution >= 4 is 17.4 Å². The minimum absolute atomic E-state index is 0.0124. The van der Waals surface area contributed by atoms with Gasteiger partial charge in [0, 0.05) is 25.2 Å². The average Bonchev–Trinajstić information content (AvgIpc) is 2.83. The Labute approximate surface area is 102 Å². The van der Waals surface area contributed by atoms with Gasteiger partial charge >= 0.3 is 0 Å². The van der Waals surface area contributed by atoms with E-state index in [4.69, 9.17) is 0 Å². The van der Waals surface area contributed by atoms with Gasteiger partial charge in [-0.1, -0.05) is 13.8 Å². The van der Waals surface area contributed by atoms with E-state index in [0.717, 1.165) is 24.6 Å². The van der Waals surface area contributed by atoms with Crippen LogP contribution in [0.25, 0.3) is 0 Å². The van der Waals surface area contributed by atoms with Crippen LogP contribution in [0.1, 0.15) is 26.7 Å². The number of anilines is 2. The van der Waals surface area contributed by atoms with Gasteiger partial charge in [-0.15, -0.1) is 0 Å². The van der Waals surface area contributed by atoms with E-state index >= 15 is 0 Å². The molecule has 1 N–H and O–H groups in total. The summed E-state index contributed by atoms with van der Waals surface area (Å²) >= 11 is 0. The molecule has 1 aromatic heterocycles. The maximum absolute atomic E-state index is 11.7. The third-order valence-corrected chi connectivity index (χ3v) is 2.97. The lowest BCUT2D eigenvalue weighted by Crippen LogP contribution is -2.23. The Kier molecular flexibility index (Phi) is 3.61. The number of amides is 1. The zero-order valence-corrected chi connectivity index (χ0v) is 10.4. The number of rotatable bonds is 3. The molecule has 4 heteroatoms. The Morgan fingerprint density at radius 2 is 2.12 bits per heavy atom. The molecule has 2 heterocycles. The molecular formula is C13H19N3O. The first-order valence-corrected chi connectivity index (χ1v) is 6.19. The van der Waals surface area contributed by atoms with Crippen molar-refractivity contribution in [3.05, 3.63) is 18.3 Å². The number of pyridine rings is 1. The van der Waals surface area contributed by atoms with E-state index in [1.807, 2.05) is 26.0 Å². The summed E-state index contributed by atoms with van der Waals surface area (Å²) in [5.74, 6) is 0.930. The zero-order chi connectivity index (χ0) is 12.3. The number of aromatic nitrogens is 1. The van der Waals surface area contributed by atoms with E-state index in [1.54, 1.807) is 6.20 Å². The molecular weight excluding hydrogens is 214 g/mol. The molecule has 0 saturated carbocycles. The second kappa shape index (κ2) is 5.17. The molecule has 17 heavy (non-hydrogen) atoms. The molecule has 1 aliphatic rings. The predicted molar refractivity (Wildman–Crippen MR) is 69.2 cm³/mol. The van der Waals surface area contributed by atoms with Crippen LogP contribution in [0.2, 0.25) is 0 Å². The molecule has 0 aromatic carbocycles. The van der Waals surface area contributed by atoms with Crippen molar-refractivity contribution in [1.82, 2.24) is 4.98 Å². The van der Waals surface area contributed by atoms with Gasteiger partial charge in [0.05, 0.1) is 5.69 Å². The molecule has 2 rings (SSSR count). The first-order chi connectivity index (χ1) is 8.18. The van der Waals surface area contributed by atoms with Crippen molar-refractivity contribution in [2.45, 2.75) is 26.7 Å². The molecule has 0 unspecified atom stereocenters. The first-order valence-electron chi connectivity index (χ1n) is 6.19. The van der Waals surface area contributed by atoms with Crippen molar-refractivity contribution in [2.75, 3.05) is 23.3 Å². The van der Waals surface area contributed by atoms with Gasteiger partial charge in [-0.05, 0) is 25.0 Å². The van der Waals surface area contributed by atoms with E-state index in [9.17, 15) is 4.79 Å². The van der Waals surface area contributed by atoms with E-state index in [-0.39, 0.29) is 11.8 Å². The summed E-state index contributed by atoms with van der Waals surface area (Å²) in [5.41, 5.74) is 0.827. The van der Waals surface area contributed by atoms with Crippen LogP contribution >= 0.6 is 0 Å². The summed E-state index contributed by atoms with van der Waals surface area (Å²) in [6.45, 7) is 5.84. The monoisotopic (exact) mass is 233 g/mol. The summed E-state index contributed by atoms with van der Waals surface area (Å²) < 4.78 is 0. The van der Waals surface area contributed by atoms with Crippen molar-refractivity contribution in [2.24, 2.45) is 5.92 Å². The van der Waals surface area contributed by atoms with Crippen LogP contribution in [0, 0.1) is 5.92 Å². The molecule has 4 nitrogen and oxygen atoms in total. The molecule has 0 bridgehead atoms. The first kappa shape index (κ1) is 11.9. The molecule has 0 radical (unpaired) electrons. The number of carbonyl (C=O) groups excluding carboxylic acids is 1. The number of hydrogen-bond acceptors (Lipinski definition) is 3. The fourth-order valence-electron chi connectivity index (χ4n) is 1.95. The predicted octanol–water partition coefficient (Wildman–Crippen LogP) is 2.28. The van der Waals surface area contributed by atoms with E-state index in [1.165, 1.54) is 12.8 Å². The molecule has 1 saturated heterocycles. The SMILES string of the molecule is CC(C)C(=O)Nc1cccnc1N1CCCC1. The van der Waals surface area contributed by atoms with Gasteiger partial charge in [0.2, 0.25) is 5.91 Å². The molecule has 1 fully saturated rings. The van der Waals surface area contributed by atoms with Gasteiger partial charge in [-0.3, -0.25) is 4.79 Å². The Balaban J connectivity index is 2.18. The van der Waals surface area contributed by atoms with Crippen molar-refractivity contribution in [3.63, 3.8) is 0 Å². The normalized spacial score (nSPS) is 15.4. The number of carbonyl (C=O) groups is 1. The van der Waals surface area contributed by atoms with Crippen molar-refractivity contribution in [1.29, 1.82) is 0 Å². The fourth-order valence-corrected chi connectivity index (χ4v) is 1.95. The second-order valence-electron chi connectivity index (χ2n) is 4.71. The smallest absolute Gasteiger partial charge is 0.227 e. The largest absolute Gasteiger partial charge is 0.355 e. The van der Waals surface area contributed by atoms with E-state index < -0.39 is 0 Å². The molecule has 0 atom stereocenters. The molecule has 1 aromatic rings. The fraction of sp³-hybridized carbons (Fsp3) is 0.538. The zero-order valence-electron chi connectivity index (χ0n) is 10.4. The lowest BCUT2D eigenvalue weighted by molar-refractivity contribution is -0.118. The Hall–Kier alpha value is -1.58. The standard InChI is InChI=1S/C13H19N3O/c1-10(2)13(17)15-11-6-5-7-14-12(11)16-8-3-4-9-16/h5-7,10H,3-4,8-9H2,1-2H3,(H,15,17). The Bertz CT molecular complexity index is 397. The molecule has 1 aliphatic heterocycles. The Morgan fingerprint density at radius 3 is 2.76 bits per heavy atom. The van der Waals surface area contributed by atoms with Crippen LogP contribution in [0.3, 0.4) is 0 Å². The van der Waals surface area contributed by atoms with Crippen molar-refractivity contribution in [3.8, 4) is 0 Å². The maximum Gasteiger partial charge on any atom is 0.227 e. The average molecular weight is 233 g/mol. The second-order valence-corrected chi connectivity index (χ2v) is 4.71. The number of nitrogens with zero attached hydrogens (tertiary/aromatic N) is 2. The third-order valence-electron chi connectivity index (χ3n) is 2.97. The molecule has 0 aliphatic carbocycles. The van der Waals surface area contributed by atoms with E-state index in [0.29, 0.717) is 0 Å². The summed E-state index contributed by atoms with van der Waals surface area (Å²) in [6.07, 6.45) is 4.18. The highest BCUT2D eigenvalue weighted by Crippen LogP contribution is 2.26. The van der Waals surface area contributed by atoms with Gasteiger partial charge in [-0.25, -0.2) is 4.98 Å². The summed E-state index contributed by atoms with van der Waals surface area (Å²) in [6, 6.07) is 3.77. The highest BCUT2D eigenvalue weighted by atomic mass is 16.1. The highest BCUT2D eigenvalue weighted by molar-refractivity contribution is 5.94. The highest BCUT2D eigenvalue weighted by Gasteiger charge is 2.18. The van der Waals surface area contributed by atoms with E-state index in [2.05, 4.69) is 15.2 Å². The van der Waals surface area contributed by atoms with Crippen LogP contribution in [0.4, 0.5) is 11.5 Å². The number of nitrogens with one attached hydrogen (secondary N) is 1. The molecule has 0 spiro atoms. The van der Waals surface area contributed by atoms with Gasteiger partial charge in [0.15, 0.2) is 5.82 Å². The quantitative estimate of drug-likeness (QED) is 0.871. The lowest BCUT2D eigenvalue weighted by Gasteiger charge is -2.20. The summed E-state index contributed by atoms with van der Waals surface area (Å²) in [4.78, 5) is 18.3. The van der Waals surface area contributed by atoms with Crippen LogP contribution in [0.5, 0.6) is 0 Å². The molecule has 92 valence electrons. The maximum atomic E-state index is 11.7. The van der Waals surface area contributed by atoms with Gasteiger partial charge in [-0.2, -0.15) is 0 Å². The number of hydrogen-bond donors (Lipinski definition) is 1. The van der Waals surface area contributed by atoms with Crippen LogP contribution in [-0.2, 0) is 4.79 Å². The van der Waals surface area contributed by atoms with Crippen LogP contribution in [-0.4, -0.2) is 24.0 Å².